The van der Waals surface area contributed by atoms with Gasteiger partial charge in [0.15, 0.2) is 0 Å². The minimum atomic E-state index is -0.933. The predicted octanol–water partition coefficient (Wildman–Crippen LogP) is 2.60. The van der Waals surface area contributed by atoms with E-state index in [9.17, 15) is 9.59 Å². The number of amides is 2. The number of likely N-dealkylation sites (tertiary alicyclic amines) is 1. The number of carboxylic acid groups (broad SMARTS) is 1. The van der Waals surface area contributed by atoms with Gasteiger partial charge in [-0.1, -0.05) is 42.5 Å². The largest absolute Gasteiger partial charge is 0.480 e. The summed E-state index contributed by atoms with van der Waals surface area (Å²) in [6.07, 6.45) is 1.26. The van der Waals surface area contributed by atoms with Crippen molar-refractivity contribution in [3.05, 3.63) is 48.0 Å². The number of hydrogen-bond donors (Lipinski definition) is 2. The molecule has 0 aliphatic carbocycles. The Kier molecular flexibility index (Phi) is 3.96. The molecule has 2 N–H and O–H groups in total. The standard InChI is InChI=1S/C17H18N2O3/c20-16(21)15-9-4-10-19(15)17(22)18-11-13-7-3-6-12-5-1-2-8-14(12)13/h1-3,5-8,15H,4,9-11H2,(H,18,22)(H,20,21)/t15-/m0/s1. The summed E-state index contributed by atoms with van der Waals surface area (Å²) in [5, 5.41) is 14.2. The summed E-state index contributed by atoms with van der Waals surface area (Å²) in [5.74, 6) is -0.933. The highest BCUT2D eigenvalue weighted by molar-refractivity contribution is 5.87. The van der Waals surface area contributed by atoms with E-state index in [1.807, 2.05) is 42.5 Å². The minimum Gasteiger partial charge on any atom is -0.480 e. The molecular formula is C17H18N2O3. The monoisotopic (exact) mass is 298 g/mol. The van der Waals surface area contributed by atoms with Crippen LogP contribution in [-0.4, -0.2) is 34.6 Å². The number of nitrogens with one attached hydrogen (secondary N) is 1. The lowest BCUT2D eigenvalue weighted by Crippen LogP contribution is -2.45. The van der Waals surface area contributed by atoms with Crippen LogP contribution in [0.3, 0.4) is 0 Å². The van der Waals surface area contributed by atoms with E-state index in [1.54, 1.807) is 0 Å². The van der Waals surface area contributed by atoms with Crippen molar-refractivity contribution < 1.29 is 14.7 Å². The summed E-state index contributed by atoms with van der Waals surface area (Å²) in [4.78, 5) is 24.8. The Hall–Kier alpha value is -2.56. The summed E-state index contributed by atoms with van der Waals surface area (Å²) in [5.41, 5.74) is 1.03. The molecule has 0 aromatic heterocycles. The summed E-state index contributed by atoms with van der Waals surface area (Å²) in [6.45, 7) is 0.890. The van der Waals surface area contributed by atoms with E-state index < -0.39 is 12.0 Å². The van der Waals surface area contributed by atoms with Crippen molar-refractivity contribution in [2.75, 3.05) is 6.54 Å². The van der Waals surface area contributed by atoms with Gasteiger partial charge in [-0.3, -0.25) is 0 Å². The van der Waals surface area contributed by atoms with Gasteiger partial charge in [-0.05, 0) is 29.2 Å². The Bertz CT molecular complexity index is 709. The number of carbonyl (C=O) groups is 2. The second-order valence-corrected chi connectivity index (χ2v) is 5.49. The van der Waals surface area contributed by atoms with E-state index in [-0.39, 0.29) is 6.03 Å². The van der Waals surface area contributed by atoms with Gasteiger partial charge in [0.25, 0.3) is 0 Å². The fourth-order valence-corrected chi connectivity index (χ4v) is 2.99. The lowest BCUT2D eigenvalue weighted by atomic mass is 10.0. The molecule has 2 amide bonds. The number of urea groups is 1. The average molecular weight is 298 g/mol. The Morgan fingerprint density at radius 1 is 1.18 bits per heavy atom. The molecule has 5 nitrogen and oxygen atoms in total. The second-order valence-electron chi connectivity index (χ2n) is 5.49. The number of carboxylic acids is 1. The molecule has 0 unspecified atom stereocenters. The van der Waals surface area contributed by atoms with Crippen LogP contribution < -0.4 is 5.32 Å². The highest BCUT2D eigenvalue weighted by atomic mass is 16.4. The van der Waals surface area contributed by atoms with Crippen LogP contribution in [0.4, 0.5) is 4.79 Å². The third kappa shape index (κ3) is 2.74. The molecule has 1 fully saturated rings. The number of aliphatic carboxylic acids is 1. The molecule has 1 heterocycles. The van der Waals surface area contributed by atoms with Crippen LogP contribution in [0, 0.1) is 0 Å². The molecule has 3 rings (SSSR count). The number of hydrogen-bond acceptors (Lipinski definition) is 2. The van der Waals surface area contributed by atoms with Crippen molar-refractivity contribution in [3.8, 4) is 0 Å². The minimum absolute atomic E-state index is 0.308. The van der Waals surface area contributed by atoms with Crippen molar-refractivity contribution in [2.45, 2.75) is 25.4 Å². The molecule has 0 saturated carbocycles. The van der Waals surface area contributed by atoms with Gasteiger partial charge in [-0.25, -0.2) is 9.59 Å². The molecule has 2 aromatic carbocycles. The van der Waals surface area contributed by atoms with Crippen molar-refractivity contribution in [1.82, 2.24) is 10.2 Å². The van der Waals surface area contributed by atoms with Crippen LogP contribution >= 0.6 is 0 Å². The molecule has 0 spiro atoms. The zero-order chi connectivity index (χ0) is 15.5. The van der Waals surface area contributed by atoms with Gasteiger partial charge in [-0.15, -0.1) is 0 Å². The Balaban J connectivity index is 1.71. The number of fused-ring (bicyclic) bond motifs is 1. The zero-order valence-electron chi connectivity index (χ0n) is 12.2. The van der Waals surface area contributed by atoms with Gasteiger partial charge in [-0.2, -0.15) is 0 Å². The van der Waals surface area contributed by atoms with Gasteiger partial charge in [0.2, 0.25) is 0 Å². The smallest absolute Gasteiger partial charge is 0.326 e. The third-order valence-corrected chi connectivity index (χ3v) is 4.11. The Morgan fingerprint density at radius 3 is 2.77 bits per heavy atom. The fourth-order valence-electron chi connectivity index (χ4n) is 2.99. The molecule has 0 bridgehead atoms. The normalized spacial score (nSPS) is 17.6. The van der Waals surface area contributed by atoms with E-state index in [1.165, 1.54) is 4.90 Å². The molecule has 1 saturated heterocycles. The van der Waals surface area contributed by atoms with Gasteiger partial charge in [0.1, 0.15) is 6.04 Å². The van der Waals surface area contributed by atoms with Gasteiger partial charge < -0.3 is 15.3 Å². The fraction of sp³-hybridized carbons (Fsp3) is 0.294. The van der Waals surface area contributed by atoms with Crippen LogP contribution in [0.15, 0.2) is 42.5 Å². The molecular weight excluding hydrogens is 280 g/mol. The summed E-state index contributed by atoms with van der Waals surface area (Å²) < 4.78 is 0. The van der Waals surface area contributed by atoms with Crippen molar-refractivity contribution in [2.24, 2.45) is 0 Å². The van der Waals surface area contributed by atoms with Crippen molar-refractivity contribution in [1.29, 1.82) is 0 Å². The SMILES string of the molecule is O=C(O)[C@@H]1CCCN1C(=O)NCc1cccc2ccccc12. The first-order valence-corrected chi connectivity index (χ1v) is 7.41. The van der Waals surface area contributed by atoms with Crippen molar-refractivity contribution >= 4 is 22.8 Å². The molecule has 22 heavy (non-hydrogen) atoms. The molecule has 114 valence electrons. The second kappa shape index (κ2) is 6.05. The Labute approximate surface area is 128 Å². The molecule has 1 aliphatic heterocycles. The maximum absolute atomic E-state index is 12.2. The Morgan fingerprint density at radius 2 is 1.95 bits per heavy atom. The van der Waals surface area contributed by atoms with Crippen molar-refractivity contribution in [3.63, 3.8) is 0 Å². The van der Waals surface area contributed by atoms with Crippen LogP contribution in [0.2, 0.25) is 0 Å². The van der Waals surface area contributed by atoms with Gasteiger partial charge >= 0.3 is 12.0 Å². The lowest BCUT2D eigenvalue weighted by molar-refractivity contribution is -0.141. The molecule has 1 aliphatic rings. The van der Waals surface area contributed by atoms with E-state index in [0.29, 0.717) is 19.5 Å². The molecule has 0 radical (unpaired) electrons. The maximum Gasteiger partial charge on any atom is 0.326 e. The third-order valence-electron chi connectivity index (χ3n) is 4.11. The number of benzene rings is 2. The van der Waals surface area contributed by atoms with Crippen LogP contribution in [0.1, 0.15) is 18.4 Å². The quantitative estimate of drug-likeness (QED) is 0.915. The number of nitrogens with zero attached hydrogens (tertiary/aromatic N) is 1. The first-order valence-electron chi connectivity index (χ1n) is 7.41. The highest BCUT2D eigenvalue weighted by Gasteiger charge is 2.33. The van der Waals surface area contributed by atoms with E-state index >= 15 is 0 Å². The van der Waals surface area contributed by atoms with Crippen LogP contribution in [0.5, 0.6) is 0 Å². The topological polar surface area (TPSA) is 69.6 Å². The summed E-state index contributed by atoms with van der Waals surface area (Å²) >= 11 is 0. The first-order chi connectivity index (χ1) is 10.7. The zero-order valence-corrected chi connectivity index (χ0v) is 12.2. The van der Waals surface area contributed by atoms with Crippen LogP contribution in [0.25, 0.3) is 10.8 Å². The van der Waals surface area contributed by atoms with E-state index in [2.05, 4.69) is 5.32 Å². The van der Waals surface area contributed by atoms with E-state index in [0.717, 1.165) is 22.8 Å². The number of rotatable bonds is 3. The van der Waals surface area contributed by atoms with Crippen LogP contribution in [-0.2, 0) is 11.3 Å². The maximum atomic E-state index is 12.2. The van der Waals surface area contributed by atoms with Gasteiger partial charge in [0.05, 0.1) is 0 Å². The average Bonchev–Trinajstić information content (AvgIpc) is 3.02. The van der Waals surface area contributed by atoms with Gasteiger partial charge in [0, 0.05) is 13.1 Å². The summed E-state index contributed by atoms with van der Waals surface area (Å²) in [6, 6.07) is 12.9. The molecule has 5 heteroatoms. The molecule has 2 aromatic rings. The van der Waals surface area contributed by atoms with E-state index in [4.69, 9.17) is 5.11 Å². The highest BCUT2D eigenvalue weighted by Crippen LogP contribution is 2.20. The molecule has 1 atom stereocenters. The lowest BCUT2D eigenvalue weighted by Gasteiger charge is -2.22. The first kappa shape index (κ1) is 14.4. The predicted molar refractivity (Wildman–Crippen MR) is 83.5 cm³/mol. The summed E-state index contributed by atoms with van der Waals surface area (Å²) in [7, 11) is 0. The number of carbonyl (C=O) groups excluding carboxylic acids is 1.